The van der Waals surface area contributed by atoms with Crippen LogP contribution in [0.25, 0.3) is 0 Å². The second kappa shape index (κ2) is 5.21. The molecule has 0 spiro atoms. The molecule has 3 saturated carbocycles. The molecule has 3 aliphatic rings. The lowest BCUT2D eigenvalue weighted by atomic mass is 9.52. The molecule has 0 saturated heterocycles. The van der Waals surface area contributed by atoms with E-state index in [-0.39, 0.29) is 18.4 Å². The minimum absolute atomic E-state index is 0.0662. The monoisotopic (exact) mass is 318 g/mol. The van der Waals surface area contributed by atoms with Crippen molar-refractivity contribution in [2.24, 2.45) is 23.7 Å². The molecular weight excluding hydrogens is 296 g/mol. The molecule has 0 aromatic rings. The summed E-state index contributed by atoms with van der Waals surface area (Å²) in [7, 11) is -4.12. The van der Waals surface area contributed by atoms with Gasteiger partial charge in [-0.2, -0.15) is 8.42 Å². The molecule has 0 aliphatic heterocycles. The van der Waals surface area contributed by atoms with Crippen LogP contribution >= 0.6 is 0 Å². The van der Waals surface area contributed by atoms with Crippen LogP contribution in [0.2, 0.25) is 0 Å². The van der Waals surface area contributed by atoms with Crippen LogP contribution < -0.4 is 0 Å². The number of rotatable bonds is 4. The number of ether oxygens (including phenoxy) is 1. The van der Waals surface area contributed by atoms with Gasteiger partial charge in [-0.15, -0.1) is 0 Å². The minimum Gasteiger partial charge on any atom is -0.464 e. The Morgan fingerprint density at radius 1 is 1.19 bits per heavy atom. The van der Waals surface area contributed by atoms with Crippen LogP contribution in [0.1, 0.15) is 38.5 Å². The van der Waals surface area contributed by atoms with Crippen molar-refractivity contribution in [1.29, 1.82) is 0 Å². The molecule has 3 rings (SSSR count). The molecule has 0 amide bonds. The first-order valence-corrected chi connectivity index (χ1v) is 9.22. The summed E-state index contributed by atoms with van der Waals surface area (Å²) in [5.41, 5.74) is -0.739. The fourth-order valence-electron chi connectivity index (χ4n) is 4.82. The zero-order valence-corrected chi connectivity index (χ0v) is 12.7. The van der Waals surface area contributed by atoms with Crippen LogP contribution in [0.5, 0.6) is 0 Å². The predicted molar refractivity (Wildman–Crippen MR) is 74.0 cm³/mol. The van der Waals surface area contributed by atoms with Gasteiger partial charge in [-0.05, 0) is 50.4 Å². The van der Waals surface area contributed by atoms with Gasteiger partial charge in [0.15, 0.2) is 0 Å². The van der Waals surface area contributed by atoms with Crippen molar-refractivity contribution < 1.29 is 27.6 Å². The lowest BCUT2D eigenvalue weighted by Crippen LogP contribution is -2.57. The average molecular weight is 318 g/mol. The average Bonchev–Trinajstić information content (AvgIpc) is 2.32. The molecule has 0 radical (unpaired) electrons. The van der Waals surface area contributed by atoms with Gasteiger partial charge in [0, 0.05) is 5.92 Å². The van der Waals surface area contributed by atoms with Gasteiger partial charge in [0.25, 0.3) is 10.1 Å². The van der Waals surface area contributed by atoms with E-state index in [1.807, 2.05) is 0 Å². The van der Waals surface area contributed by atoms with Crippen LogP contribution in [-0.4, -0.2) is 42.0 Å². The highest BCUT2D eigenvalue weighted by atomic mass is 32.2. The molecule has 0 aromatic carbocycles. The largest absolute Gasteiger partial charge is 0.464 e. The molecule has 3 bridgehead atoms. The highest BCUT2D eigenvalue weighted by Gasteiger charge is 2.56. The quantitative estimate of drug-likeness (QED) is 0.592. The highest BCUT2D eigenvalue weighted by Crippen LogP contribution is 2.56. The molecule has 21 heavy (non-hydrogen) atoms. The standard InChI is InChI=1S/C14H22O6S/c15-13(20-3-4-21(17,18)19)11-6-10-5-9-1-2-12(11)14(16,7-9)8-10/h9-12,16H,1-8H2,(H,17,18,19). The SMILES string of the molecule is O=C(OCCS(=O)(=O)O)C1CC2CC3CCC1C(O)(C3)C2. The van der Waals surface area contributed by atoms with Crippen LogP contribution in [0.4, 0.5) is 0 Å². The van der Waals surface area contributed by atoms with Crippen molar-refractivity contribution in [2.75, 3.05) is 12.4 Å². The fourth-order valence-corrected chi connectivity index (χ4v) is 5.12. The number of carbonyl (C=O) groups is 1. The van der Waals surface area contributed by atoms with Gasteiger partial charge in [-0.3, -0.25) is 9.35 Å². The molecule has 0 heterocycles. The second-order valence-corrected chi connectivity index (χ2v) is 8.53. The van der Waals surface area contributed by atoms with E-state index in [4.69, 9.17) is 9.29 Å². The third-order valence-electron chi connectivity index (χ3n) is 5.49. The molecule has 3 fully saturated rings. The number of hydrogen-bond acceptors (Lipinski definition) is 5. The van der Waals surface area contributed by atoms with Crippen LogP contribution in [0.3, 0.4) is 0 Å². The highest BCUT2D eigenvalue weighted by molar-refractivity contribution is 7.85. The van der Waals surface area contributed by atoms with E-state index in [1.54, 1.807) is 0 Å². The topological polar surface area (TPSA) is 101 Å². The van der Waals surface area contributed by atoms with Crippen molar-refractivity contribution in [3.05, 3.63) is 0 Å². The Labute approximate surface area is 124 Å². The van der Waals surface area contributed by atoms with Crippen LogP contribution in [0.15, 0.2) is 0 Å². The van der Waals surface area contributed by atoms with Crippen molar-refractivity contribution in [1.82, 2.24) is 0 Å². The van der Waals surface area contributed by atoms with Crippen molar-refractivity contribution in [3.63, 3.8) is 0 Å². The Bertz CT molecular complexity index is 526. The number of carbonyl (C=O) groups excluding carboxylic acids is 1. The lowest BCUT2D eigenvalue weighted by molar-refractivity contribution is -0.183. The second-order valence-electron chi connectivity index (χ2n) is 6.96. The van der Waals surface area contributed by atoms with E-state index >= 15 is 0 Å². The molecule has 120 valence electrons. The lowest BCUT2D eigenvalue weighted by Gasteiger charge is -2.56. The van der Waals surface area contributed by atoms with Crippen LogP contribution in [-0.2, 0) is 19.6 Å². The number of hydrogen-bond donors (Lipinski definition) is 2. The fraction of sp³-hybridized carbons (Fsp3) is 0.929. The smallest absolute Gasteiger partial charge is 0.309 e. The Kier molecular flexibility index (Phi) is 3.78. The van der Waals surface area contributed by atoms with E-state index in [0.717, 1.165) is 38.5 Å². The van der Waals surface area contributed by atoms with E-state index in [2.05, 4.69) is 0 Å². The molecule has 5 atom stereocenters. The van der Waals surface area contributed by atoms with Gasteiger partial charge < -0.3 is 9.84 Å². The van der Waals surface area contributed by atoms with E-state index in [0.29, 0.717) is 11.8 Å². The van der Waals surface area contributed by atoms with Gasteiger partial charge in [-0.25, -0.2) is 0 Å². The van der Waals surface area contributed by atoms with Crippen molar-refractivity contribution >= 4 is 16.1 Å². The maximum absolute atomic E-state index is 12.2. The number of fused-ring (bicyclic) bond motifs is 2. The molecule has 6 nitrogen and oxygen atoms in total. The summed E-state index contributed by atoms with van der Waals surface area (Å²) >= 11 is 0. The summed E-state index contributed by atoms with van der Waals surface area (Å²) in [6, 6.07) is 0. The van der Waals surface area contributed by atoms with Crippen molar-refractivity contribution in [3.8, 4) is 0 Å². The molecule has 5 unspecified atom stereocenters. The van der Waals surface area contributed by atoms with Gasteiger partial charge in [-0.1, -0.05) is 0 Å². The van der Waals surface area contributed by atoms with E-state index in [1.165, 1.54) is 0 Å². The first-order chi connectivity index (χ1) is 9.77. The van der Waals surface area contributed by atoms with Gasteiger partial charge in [0.2, 0.25) is 0 Å². The Morgan fingerprint density at radius 3 is 2.62 bits per heavy atom. The molecule has 3 aliphatic carbocycles. The molecular formula is C14H22O6S. The summed E-state index contributed by atoms with van der Waals surface area (Å²) in [4.78, 5) is 12.2. The molecule has 0 aromatic heterocycles. The maximum Gasteiger partial charge on any atom is 0.309 e. The normalized spacial score (nSPS) is 41.8. The number of esters is 1. The Hall–Kier alpha value is -0.660. The predicted octanol–water partition coefficient (Wildman–Crippen LogP) is 0.995. The third kappa shape index (κ3) is 3.10. The van der Waals surface area contributed by atoms with Gasteiger partial charge in [0.05, 0.1) is 11.5 Å². The Balaban J connectivity index is 1.66. The Morgan fingerprint density at radius 2 is 1.90 bits per heavy atom. The summed E-state index contributed by atoms with van der Waals surface area (Å²) in [6.07, 6.45) is 5.26. The zero-order chi connectivity index (χ0) is 15.3. The van der Waals surface area contributed by atoms with E-state index in [9.17, 15) is 18.3 Å². The van der Waals surface area contributed by atoms with Crippen LogP contribution in [0, 0.1) is 23.7 Å². The first kappa shape index (κ1) is 15.2. The molecule has 2 N–H and O–H groups in total. The third-order valence-corrected chi connectivity index (χ3v) is 6.17. The summed E-state index contributed by atoms with van der Waals surface area (Å²) in [5, 5.41) is 10.8. The van der Waals surface area contributed by atoms with Gasteiger partial charge >= 0.3 is 5.97 Å². The summed E-state index contributed by atoms with van der Waals surface area (Å²) in [6.45, 7) is -0.327. The van der Waals surface area contributed by atoms with Crippen molar-refractivity contribution in [2.45, 2.75) is 44.1 Å². The van der Waals surface area contributed by atoms with Gasteiger partial charge in [0.1, 0.15) is 12.4 Å². The maximum atomic E-state index is 12.2. The van der Waals surface area contributed by atoms with E-state index < -0.39 is 27.4 Å². The molecule has 7 heteroatoms. The summed E-state index contributed by atoms with van der Waals surface area (Å²) < 4.78 is 35.0. The summed E-state index contributed by atoms with van der Waals surface area (Å²) in [5.74, 6) is -0.454. The number of aliphatic hydroxyl groups is 1. The first-order valence-electron chi connectivity index (χ1n) is 7.61. The minimum atomic E-state index is -4.12. The zero-order valence-electron chi connectivity index (χ0n) is 11.9.